The van der Waals surface area contributed by atoms with Gasteiger partial charge in [0.25, 0.3) is 0 Å². The van der Waals surface area contributed by atoms with Gasteiger partial charge in [-0.25, -0.2) is 8.42 Å². The largest absolute Gasteiger partial charge is 0.363 e. The predicted molar refractivity (Wildman–Crippen MR) is 71.7 cm³/mol. The van der Waals surface area contributed by atoms with Crippen LogP contribution >= 0.6 is 11.3 Å². The van der Waals surface area contributed by atoms with Gasteiger partial charge in [-0.15, -0.1) is 0 Å². The van der Waals surface area contributed by atoms with Crippen LogP contribution in [0.1, 0.15) is 11.3 Å². The third kappa shape index (κ3) is 2.64. The molecule has 18 heavy (non-hydrogen) atoms. The Labute approximate surface area is 110 Å². The van der Waals surface area contributed by atoms with Gasteiger partial charge in [0.05, 0.1) is 4.90 Å². The summed E-state index contributed by atoms with van der Waals surface area (Å²) >= 11 is 1.55. The van der Waals surface area contributed by atoms with Crippen LogP contribution in [0.2, 0.25) is 0 Å². The summed E-state index contributed by atoms with van der Waals surface area (Å²) in [4.78, 5) is 3.10. The zero-order valence-electron chi connectivity index (χ0n) is 9.96. The number of thiophene rings is 1. The number of H-pyrrole nitrogens is 1. The topological polar surface area (TPSA) is 79.2 Å². The van der Waals surface area contributed by atoms with Crippen LogP contribution in [0.5, 0.6) is 0 Å². The maximum Gasteiger partial charge on any atom is 0.244 e. The molecule has 0 fully saturated rings. The van der Waals surface area contributed by atoms with E-state index in [1.807, 2.05) is 16.8 Å². The van der Waals surface area contributed by atoms with E-state index in [-0.39, 0.29) is 4.90 Å². The van der Waals surface area contributed by atoms with Crippen LogP contribution in [-0.2, 0) is 23.1 Å². The number of aromatic amines is 1. The normalized spacial score (nSPS) is 12.2. The lowest BCUT2D eigenvalue weighted by Gasteiger charge is -2.15. The molecule has 2 aromatic heterocycles. The molecule has 0 saturated carbocycles. The summed E-state index contributed by atoms with van der Waals surface area (Å²) in [6.45, 7) is 0.665. The van der Waals surface area contributed by atoms with Crippen molar-refractivity contribution in [2.45, 2.75) is 18.0 Å². The lowest BCUT2D eigenvalue weighted by atomic mass is 10.3. The number of nitrogens with one attached hydrogen (secondary N) is 1. The third-order valence-corrected chi connectivity index (χ3v) is 5.14. The van der Waals surface area contributed by atoms with Crippen molar-refractivity contribution in [2.75, 3.05) is 7.05 Å². The maximum absolute atomic E-state index is 12.3. The minimum absolute atomic E-state index is 0.251. The summed E-state index contributed by atoms with van der Waals surface area (Å²) in [5.41, 5.74) is 7.15. The SMILES string of the molecule is CN(Cc1ccsc1)S(=O)(=O)c1c[nH]c(CN)c1. The van der Waals surface area contributed by atoms with E-state index in [0.29, 0.717) is 18.8 Å². The zero-order valence-corrected chi connectivity index (χ0v) is 11.6. The second kappa shape index (κ2) is 5.23. The Bertz CT molecular complexity index is 602. The number of hydrogen-bond acceptors (Lipinski definition) is 4. The average Bonchev–Trinajstić information content (AvgIpc) is 2.99. The Balaban J connectivity index is 2.19. The van der Waals surface area contributed by atoms with Gasteiger partial charge in [0.2, 0.25) is 10.0 Å². The maximum atomic E-state index is 12.3. The molecule has 0 bridgehead atoms. The third-order valence-electron chi connectivity index (χ3n) is 2.63. The fraction of sp³-hybridized carbons (Fsp3) is 0.273. The van der Waals surface area contributed by atoms with Gasteiger partial charge in [0.1, 0.15) is 0 Å². The van der Waals surface area contributed by atoms with Gasteiger partial charge in [0, 0.05) is 32.0 Å². The van der Waals surface area contributed by atoms with Crippen molar-refractivity contribution >= 4 is 21.4 Å². The van der Waals surface area contributed by atoms with Crippen molar-refractivity contribution in [2.24, 2.45) is 5.73 Å². The number of sulfonamides is 1. The summed E-state index contributed by atoms with van der Waals surface area (Å²) in [5.74, 6) is 0. The zero-order chi connectivity index (χ0) is 13.2. The molecule has 0 aliphatic carbocycles. The molecule has 0 amide bonds. The molecular weight excluding hydrogens is 270 g/mol. The molecule has 98 valence electrons. The van der Waals surface area contributed by atoms with Crippen molar-refractivity contribution in [1.82, 2.24) is 9.29 Å². The molecule has 0 spiro atoms. The Morgan fingerprint density at radius 1 is 1.50 bits per heavy atom. The lowest BCUT2D eigenvalue weighted by Crippen LogP contribution is -2.25. The highest BCUT2D eigenvalue weighted by atomic mass is 32.2. The van der Waals surface area contributed by atoms with E-state index in [4.69, 9.17) is 5.73 Å². The highest BCUT2D eigenvalue weighted by Crippen LogP contribution is 2.18. The quantitative estimate of drug-likeness (QED) is 0.870. The summed E-state index contributed by atoms with van der Waals surface area (Å²) in [7, 11) is -1.88. The molecule has 2 heterocycles. The molecular formula is C11H15N3O2S2. The molecule has 0 aromatic carbocycles. The number of aromatic nitrogens is 1. The van der Waals surface area contributed by atoms with E-state index in [0.717, 1.165) is 5.56 Å². The van der Waals surface area contributed by atoms with Crippen molar-refractivity contribution in [1.29, 1.82) is 0 Å². The fourth-order valence-electron chi connectivity index (χ4n) is 1.59. The predicted octanol–water partition coefficient (Wildman–Crippen LogP) is 1.36. The van der Waals surface area contributed by atoms with Gasteiger partial charge in [0.15, 0.2) is 0 Å². The van der Waals surface area contributed by atoms with Gasteiger partial charge in [-0.1, -0.05) is 0 Å². The van der Waals surface area contributed by atoms with Crippen LogP contribution < -0.4 is 5.73 Å². The molecule has 7 heteroatoms. The Morgan fingerprint density at radius 2 is 2.28 bits per heavy atom. The molecule has 3 N–H and O–H groups in total. The van der Waals surface area contributed by atoms with Crippen LogP contribution in [0, 0.1) is 0 Å². The number of nitrogens with zero attached hydrogens (tertiary/aromatic N) is 1. The first kappa shape index (κ1) is 13.3. The monoisotopic (exact) mass is 285 g/mol. The Morgan fingerprint density at radius 3 is 2.83 bits per heavy atom. The summed E-state index contributed by atoms with van der Waals surface area (Å²) < 4.78 is 25.8. The number of nitrogens with two attached hydrogens (primary N) is 1. The van der Waals surface area contributed by atoms with Gasteiger partial charge >= 0.3 is 0 Å². The molecule has 0 aliphatic rings. The molecule has 5 nitrogen and oxygen atoms in total. The Kier molecular flexibility index (Phi) is 3.86. The lowest BCUT2D eigenvalue weighted by molar-refractivity contribution is 0.467. The molecule has 0 aliphatic heterocycles. The fourth-order valence-corrected chi connectivity index (χ4v) is 3.43. The first-order chi connectivity index (χ1) is 8.54. The first-order valence-corrected chi connectivity index (χ1v) is 7.77. The standard InChI is InChI=1S/C11H15N3O2S2/c1-14(7-9-2-3-17-8-9)18(15,16)11-4-10(5-12)13-6-11/h2-4,6,8,13H,5,7,12H2,1H3. The average molecular weight is 285 g/mol. The minimum Gasteiger partial charge on any atom is -0.363 e. The van der Waals surface area contributed by atoms with Crippen LogP contribution in [0.25, 0.3) is 0 Å². The van der Waals surface area contributed by atoms with E-state index in [2.05, 4.69) is 4.98 Å². The summed E-state index contributed by atoms with van der Waals surface area (Å²) in [5, 5.41) is 3.87. The van der Waals surface area contributed by atoms with E-state index < -0.39 is 10.0 Å². The van der Waals surface area contributed by atoms with Gasteiger partial charge in [-0.2, -0.15) is 15.6 Å². The first-order valence-electron chi connectivity index (χ1n) is 5.39. The summed E-state index contributed by atoms with van der Waals surface area (Å²) in [6.07, 6.45) is 1.47. The number of hydrogen-bond donors (Lipinski definition) is 2. The van der Waals surface area contributed by atoms with Crippen molar-refractivity contribution in [3.63, 3.8) is 0 Å². The van der Waals surface area contributed by atoms with Gasteiger partial charge < -0.3 is 10.7 Å². The van der Waals surface area contributed by atoms with Crippen LogP contribution in [0.15, 0.2) is 34.0 Å². The molecule has 0 atom stereocenters. The van der Waals surface area contributed by atoms with Gasteiger partial charge in [-0.05, 0) is 28.5 Å². The second-order valence-corrected chi connectivity index (χ2v) is 6.78. The number of rotatable bonds is 5. The van der Waals surface area contributed by atoms with E-state index in [9.17, 15) is 8.42 Å². The Hall–Kier alpha value is -1.15. The molecule has 2 rings (SSSR count). The van der Waals surface area contributed by atoms with E-state index in [1.54, 1.807) is 24.5 Å². The molecule has 0 radical (unpaired) electrons. The van der Waals surface area contributed by atoms with Crippen LogP contribution in [0.3, 0.4) is 0 Å². The van der Waals surface area contributed by atoms with E-state index in [1.165, 1.54) is 10.5 Å². The van der Waals surface area contributed by atoms with E-state index >= 15 is 0 Å². The van der Waals surface area contributed by atoms with Crippen molar-refractivity contribution in [3.05, 3.63) is 40.3 Å². The molecule has 0 unspecified atom stereocenters. The molecule has 2 aromatic rings. The van der Waals surface area contributed by atoms with Crippen LogP contribution in [-0.4, -0.2) is 24.8 Å². The van der Waals surface area contributed by atoms with Crippen molar-refractivity contribution in [3.8, 4) is 0 Å². The van der Waals surface area contributed by atoms with Gasteiger partial charge in [-0.3, -0.25) is 0 Å². The minimum atomic E-state index is -3.45. The summed E-state index contributed by atoms with van der Waals surface area (Å²) in [6, 6.07) is 3.48. The van der Waals surface area contributed by atoms with Crippen molar-refractivity contribution < 1.29 is 8.42 Å². The smallest absolute Gasteiger partial charge is 0.244 e. The molecule has 0 saturated heterocycles. The highest BCUT2D eigenvalue weighted by Gasteiger charge is 2.22. The second-order valence-electron chi connectivity index (χ2n) is 3.96. The van der Waals surface area contributed by atoms with Crippen LogP contribution in [0.4, 0.5) is 0 Å². The highest BCUT2D eigenvalue weighted by molar-refractivity contribution is 7.89.